The maximum absolute atomic E-state index is 4.58. The maximum atomic E-state index is 4.58. The second-order valence-corrected chi connectivity index (χ2v) is 5.18. The Morgan fingerprint density at radius 3 is 3.06 bits per heavy atom. The largest absolute Gasteiger partial charge is 0.316 e. The lowest BCUT2D eigenvalue weighted by Crippen LogP contribution is -2.34. The van der Waals surface area contributed by atoms with Gasteiger partial charge in [-0.3, -0.25) is 4.98 Å². The molecule has 0 fully saturated rings. The summed E-state index contributed by atoms with van der Waals surface area (Å²) in [5.41, 5.74) is 2.77. The molecule has 2 rings (SSSR count). The molecule has 0 saturated heterocycles. The Labute approximate surface area is 104 Å². The maximum Gasteiger partial charge on any atom is 0.0482 e. The minimum Gasteiger partial charge on any atom is -0.316 e. The average molecular weight is 233 g/mol. The zero-order valence-electron chi connectivity index (χ0n) is 11.1. The Bertz CT molecular complexity index is 362. The smallest absolute Gasteiger partial charge is 0.0482 e. The minimum atomic E-state index is 0.550. The van der Waals surface area contributed by atoms with Crippen molar-refractivity contribution in [2.24, 2.45) is 0 Å². The molecule has 1 aliphatic rings. The molecule has 0 aromatic carbocycles. The first-order valence-corrected chi connectivity index (χ1v) is 6.48. The molecule has 1 aromatic rings. The van der Waals surface area contributed by atoms with E-state index in [9.17, 15) is 0 Å². The van der Waals surface area contributed by atoms with E-state index in [-0.39, 0.29) is 0 Å². The molecule has 0 amide bonds. The van der Waals surface area contributed by atoms with Gasteiger partial charge < -0.3 is 10.2 Å². The van der Waals surface area contributed by atoms with E-state index in [4.69, 9.17) is 0 Å². The fourth-order valence-electron chi connectivity index (χ4n) is 2.78. The third kappa shape index (κ3) is 2.85. The number of nitrogens with one attached hydrogen (secondary N) is 1. The lowest BCUT2D eigenvalue weighted by Gasteiger charge is -2.24. The van der Waals surface area contributed by atoms with E-state index in [2.05, 4.69) is 48.5 Å². The topological polar surface area (TPSA) is 28.2 Å². The quantitative estimate of drug-likeness (QED) is 0.838. The fraction of sp³-hybridized carbons (Fsp3) is 0.643. The van der Waals surface area contributed by atoms with Crippen molar-refractivity contribution in [1.29, 1.82) is 0 Å². The first kappa shape index (κ1) is 12.5. The predicted octanol–water partition coefficient (Wildman–Crippen LogP) is 1.65. The van der Waals surface area contributed by atoms with Gasteiger partial charge in [-0.1, -0.05) is 6.07 Å². The monoisotopic (exact) mass is 233 g/mol. The van der Waals surface area contributed by atoms with Gasteiger partial charge in [0.15, 0.2) is 0 Å². The molecule has 2 unspecified atom stereocenters. The zero-order chi connectivity index (χ0) is 12.3. The molecule has 0 bridgehead atoms. The summed E-state index contributed by atoms with van der Waals surface area (Å²) in [5, 5.41) is 3.47. The molecule has 1 N–H and O–H groups in total. The van der Waals surface area contributed by atoms with Crippen LogP contribution in [0.4, 0.5) is 0 Å². The van der Waals surface area contributed by atoms with Crippen molar-refractivity contribution < 1.29 is 0 Å². The normalized spacial score (nSPS) is 20.6. The molecule has 1 aromatic heterocycles. The number of nitrogens with zero attached hydrogens (tertiary/aromatic N) is 2. The lowest BCUT2D eigenvalue weighted by molar-refractivity contribution is 0.339. The molecule has 0 aliphatic heterocycles. The Morgan fingerprint density at radius 2 is 2.35 bits per heavy atom. The van der Waals surface area contributed by atoms with Crippen molar-refractivity contribution in [3.63, 3.8) is 0 Å². The Balaban J connectivity index is 2.06. The standard InChI is InChI=1S/C14H23N3/c1-15-13(8-10-17(2)3)12-7-6-11-5-4-9-16-14(11)12/h4-5,9,12-13,15H,6-8,10H2,1-3H3. The number of likely N-dealkylation sites (N-methyl/N-ethyl adjacent to an activating group) is 1. The minimum absolute atomic E-state index is 0.550. The number of rotatable bonds is 5. The number of pyridine rings is 1. The molecule has 0 saturated carbocycles. The van der Waals surface area contributed by atoms with Gasteiger partial charge in [-0.15, -0.1) is 0 Å². The molecule has 1 aliphatic carbocycles. The van der Waals surface area contributed by atoms with Crippen molar-refractivity contribution >= 4 is 0 Å². The van der Waals surface area contributed by atoms with Crippen LogP contribution in [-0.4, -0.2) is 43.6 Å². The van der Waals surface area contributed by atoms with Gasteiger partial charge in [0.25, 0.3) is 0 Å². The van der Waals surface area contributed by atoms with Crippen LogP contribution >= 0.6 is 0 Å². The van der Waals surface area contributed by atoms with Crippen LogP contribution in [0, 0.1) is 0 Å². The average Bonchev–Trinajstić information content (AvgIpc) is 2.74. The second kappa shape index (κ2) is 5.61. The van der Waals surface area contributed by atoms with Crippen molar-refractivity contribution in [1.82, 2.24) is 15.2 Å². The van der Waals surface area contributed by atoms with E-state index in [0.717, 1.165) is 6.54 Å². The Kier molecular flexibility index (Phi) is 4.13. The van der Waals surface area contributed by atoms with Gasteiger partial charge >= 0.3 is 0 Å². The fourth-order valence-corrected chi connectivity index (χ4v) is 2.78. The van der Waals surface area contributed by atoms with Gasteiger partial charge in [0, 0.05) is 23.9 Å². The molecular formula is C14H23N3. The number of fused-ring (bicyclic) bond motifs is 1. The van der Waals surface area contributed by atoms with Gasteiger partial charge in [0.2, 0.25) is 0 Å². The highest BCUT2D eigenvalue weighted by Gasteiger charge is 2.29. The molecule has 3 heteroatoms. The van der Waals surface area contributed by atoms with Crippen LogP contribution in [-0.2, 0) is 6.42 Å². The van der Waals surface area contributed by atoms with Crippen molar-refractivity contribution in [2.75, 3.05) is 27.7 Å². The highest BCUT2D eigenvalue weighted by Crippen LogP contribution is 2.34. The van der Waals surface area contributed by atoms with Crippen LogP contribution in [0.15, 0.2) is 18.3 Å². The van der Waals surface area contributed by atoms with Crippen LogP contribution < -0.4 is 5.32 Å². The van der Waals surface area contributed by atoms with E-state index in [1.807, 2.05) is 6.20 Å². The summed E-state index contributed by atoms with van der Waals surface area (Å²) in [6.07, 6.45) is 5.54. The third-order valence-electron chi connectivity index (χ3n) is 3.75. The lowest BCUT2D eigenvalue weighted by atomic mass is 9.94. The highest BCUT2D eigenvalue weighted by atomic mass is 15.1. The number of aryl methyl sites for hydroxylation is 1. The predicted molar refractivity (Wildman–Crippen MR) is 71.3 cm³/mol. The second-order valence-electron chi connectivity index (χ2n) is 5.18. The van der Waals surface area contributed by atoms with Crippen LogP contribution in [0.3, 0.4) is 0 Å². The van der Waals surface area contributed by atoms with Gasteiger partial charge in [-0.05, 0) is 58.6 Å². The van der Waals surface area contributed by atoms with Gasteiger partial charge in [-0.2, -0.15) is 0 Å². The number of aromatic nitrogens is 1. The van der Waals surface area contributed by atoms with Gasteiger partial charge in [0.05, 0.1) is 0 Å². The SMILES string of the molecule is CNC(CCN(C)C)C1CCc2cccnc21. The third-order valence-corrected chi connectivity index (χ3v) is 3.75. The molecule has 94 valence electrons. The van der Waals surface area contributed by atoms with Gasteiger partial charge in [0.1, 0.15) is 0 Å². The highest BCUT2D eigenvalue weighted by molar-refractivity contribution is 5.29. The molecule has 3 nitrogen and oxygen atoms in total. The van der Waals surface area contributed by atoms with E-state index >= 15 is 0 Å². The van der Waals surface area contributed by atoms with E-state index < -0.39 is 0 Å². The van der Waals surface area contributed by atoms with Crippen molar-refractivity contribution in [2.45, 2.75) is 31.2 Å². The zero-order valence-corrected chi connectivity index (χ0v) is 11.1. The summed E-state index contributed by atoms with van der Waals surface area (Å²) in [5.74, 6) is 0.594. The van der Waals surface area contributed by atoms with Crippen LogP contribution in [0.1, 0.15) is 30.0 Å². The summed E-state index contributed by atoms with van der Waals surface area (Å²) in [4.78, 5) is 6.83. The Morgan fingerprint density at radius 1 is 1.53 bits per heavy atom. The van der Waals surface area contributed by atoms with Crippen LogP contribution in [0.5, 0.6) is 0 Å². The molecule has 1 heterocycles. The van der Waals surface area contributed by atoms with Crippen molar-refractivity contribution in [3.8, 4) is 0 Å². The van der Waals surface area contributed by atoms with Crippen LogP contribution in [0.2, 0.25) is 0 Å². The summed E-state index contributed by atoms with van der Waals surface area (Å²) in [6.45, 7) is 1.13. The van der Waals surface area contributed by atoms with Crippen LogP contribution in [0.25, 0.3) is 0 Å². The number of hydrogen-bond donors (Lipinski definition) is 1. The summed E-state index contributed by atoms with van der Waals surface area (Å²) in [6, 6.07) is 4.82. The van der Waals surface area contributed by atoms with E-state index in [1.165, 1.54) is 30.5 Å². The molecular weight excluding hydrogens is 210 g/mol. The summed E-state index contributed by atoms with van der Waals surface area (Å²) < 4.78 is 0. The molecule has 2 atom stereocenters. The molecule has 0 spiro atoms. The molecule has 0 radical (unpaired) electrons. The summed E-state index contributed by atoms with van der Waals surface area (Å²) >= 11 is 0. The molecule has 17 heavy (non-hydrogen) atoms. The first-order valence-electron chi connectivity index (χ1n) is 6.48. The van der Waals surface area contributed by atoms with Crippen molar-refractivity contribution in [3.05, 3.63) is 29.6 Å². The first-order chi connectivity index (χ1) is 8.22. The van der Waals surface area contributed by atoms with Gasteiger partial charge in [-0.25, -0.2) is 0 Å². The summed E-state index contributed by atoms with van der Waals surface area (Å²) in [7, 11) is 6.34. The van der Waals surface area contributed by atoms with E-state index in [1.54, 1.807) is 0 Å². The van der Waals surface area contributed by atoms with E-state index in [0.29, 0.717) is 12.0 Å². The Hall–Kier alpha value is -0.930. The number of hydrogen-bond acceptors (Lipinski definition) is 3.